The third kappa shape index (κ3) is 8.88. The van der Waals surface area contributed by atoms with E-state index in [-0.39, 0.29) is 42.1 Å². The molecule has 256 valence electrons. The minimum Gasteiger partial charge on any atom is -0.487 e. The molecule has 2 aliphatic rings. The summed E-state index contributed by atoms with van der Waals surface area (Å²) in [4.78, 5) is 11.2. The van der Waals surface area contributed by atoms with Gasteiger partial charge in [0.1, 0.15) is 29.9 Å². The van der Waals surface area contributed by atoms with Crippen LogP contribution in [0.25, 0.3) is 11.1 Å². The van der Waals surface area contributed by atoms with Gasteiger partial charge in [0, 0.05) is 37.1 Å². The van der Waals surface area contributed by atoms with Crippen LogP contribution < -0.4 is 14.8 Å². The summed E-state index contributed by atoms with van der Waals surface area (Å²) in [6.45, 7) is 4.06. The summed E-state index contributed by atoms with van der Waals surface area (Å²) in [6, 6.07) is 7.75. The number of benzene rings is 1. The Hall–Kier alpha value is -4.53. The van der Waals surface area contributed by atoms with Crippen LogP contribution in [0.3, 0.4) is 0 Å². The highest BCUT2D eigenvalue weighted by atomic mass is 35.5. The average molecular weight is 690 g/mol. The van der Waals surface area contributed by atoms with Crippen molar-refractivity contribution in [2.24, 2.45) is 0 Å². The number of rotatable bonds is 11. The van der Waals surface area contributed by atoms with Crippen molar-refractivity contribution in [1.29, 1.82) is 5.26 Å². The third-order valence-corrected chi connectivity index (χ3v) is 8.17. The predicted molar refractivity (Wildman–Crippen MR) is 168 cm³/mol. The molecule has 18 heteroatoms. The molecule has 0 amide bonds. The second-order valence-corrected chi connectivity index (χ2v) is 11.5. The Morgan fingerprint density at radius 2 is 1.81 bits per heavy atom. The maximum absolute atomic E-state index is 13.1. The summed E-state index contributed by atoms with van der Waals surface area (Å²) in [6.07, 6.45) is 5.04. The fourth-order valence-corrected chi connectivity index (χ4v) is 5.87. The van der Waals surface area contributed by atoms with Gasteiger partial charge in [0.25, 0.3) is 5.88 Å². The molecule has 1 atom stereocenters. The smallest absolute Gasteiger partial charge is 0.422 e. The van der Waals surface area contributed by atoms with E-state index in [9.17, 15) is 18.4 Å². The van der Waals surface area contributed by atoms with E-state index in [4.69, 9.17) is 14.2 Å². The number of nitrogens with zero attached hydrogens (tertiary/aromatic N) is 10. The zero-order chi connectivity index (χ0) is 32.8. The van der Waals surface area contributed by atoms with Gasteiger partial charge in [-0.25, -0.2) is 14.6 Å². The lowest BCUT2D eigenvalue weighted by Crippen LogP contribution is -2.45. The summed E-state index contributed by atoms with van der Waals surface area (Å²) in [5.41, 5.74) is 1.94. The Bertz CT molecular complexity index is 1650. The van der Waals surface area contributed by atoms with E-state index in [1.54, 1.807) is 41.5 Å². The summed E-state index contributed by atoms with van der Waals surface area (Å²) < 4.78 is 59.0. The number of morpholine rings is 1. The average Bonchev–Trinajstić information content (AvgIpc) is 3.74. The predicted octanol–water partition coefficient (Wildman–Crippen LogP) is 4.59. The molecule has 3 aromatic heterocycles. The third-order valence-electron chi connectivity index (χ3n) is 8.17. The van der Waals surface area contributed by atoms with Crippen LogP contribution >= 0.6 is 12.4 Å². The van der Waals surface area contributed by atoms with E-state index in [1.807, 2.05) is 6.92 Å². The molecule has 14 nitrogen and oxygen atoms in total. The number of hydrogen-bond acceptors (Lipinski definition) is 12. The van der Waals surface area contributed by atoms with Gasteiger partial charge < -0.3 is 19.5 Å². The molecule has 2 fully saturated rings. The second-order valence-electron chi connectivity index (χ2n) is 11.5. The van der Waals surface area contributed by atoms with Crippen molar-refractivity contribution >= 4 is 24.0 Å². The maximum atomic E-state index is 13.1. The second kappa shape index (κ2) is 15.6. The molecular formula is C30H35ClF3N11O3. The highest BCUT2D eigenvalue weighted by Gasteiger charge is 2.32. The number of halogens is 4. The largest absolute Gasteiger partial charge is 0.487 e. The van der Waals surface area contributed by atoms with Gasteiger partial charge in [-0.2, -0.15) is 18.4 Å². The molecule has 48 heavy (non-hydrogen) atoms. The minimum atomic E-state index is -4.52. The quantitative estimate of drug-likeness (QED) is 0.234. The Balaban J connectivity index is 0.00000451. The van der Waals surface area contributed by atoms with Crippen molar-refractivity contribution in [2.45, 2.75) is 63.5 Å². The molecule has 0 bridgehead atoms. The first kappa shape index (κ1) is 34.8. The van der Waals surface area contributed by atoms with E-state index in [0.29, 0.717) is 35.0 Å². The van der Waals surface area contributed by atoms with Crippen LogP contribution in [0, 0.1) is 11.3 Å². The van der Waals surface area contributed by atoms with E-state index >= 15 is 0 Å². The normalized spacial score (nSPS) is 19.1. The molecule has 4 aromatic rings. The van der Waals surface area contributed by atoms with Crippen molar-refractivity contribution in [1.82, 2.24) is 44.9 Å². The van der Waals surface area contributed by atoms with E-state index in [2.05, 4.69) is 46.9 Å². The molecule has 1 N–H and O–H groups in total. The summed E-state index contributed by atoms with van der Waals surface area (Å²) in [5.74, 6) is 0.363. The highest BCUT2D eigenvalue weighted by Crippen LogP contribution is 2.35. The van der Waals surface area contributed by atoms with Gasteiger partial charge in [-0.3, -0.25) is 9.58 Å². The molecule has 6 rings (SSSR count). The van der Waals surface area contributed by atoms with Gasteiger partial charge in [0.15, 0.2) is 6.61 Å². The molecule has 1 saturated carbocycles. The van der Waals surface area contributed by atoms with E-state index < -0.39 is 12.8 Å². The van der Waals surface area contributed by atoms with Crippen LogP contribution in [0.2, 0.25) is 0 Å². The first-order valence-electron chi connectivity index (χ1n) is 15.4. The number of ether oxygens (including phenoxy) is 3. The van der Waals surface area contributed by atoms with Crippen LogP contribution in [-0.4, -0.2) is 96.1 Å². The Labute approximate surface area is 280 Å². The van der Waals surface area contributed by atoms with Crippen LogP contribution in [0.15, 0.2) is 43.1 Å². The van der Waals surface area contributed by atoms with Gasteiger partial charge in [-0.05, 0) is 60.7 Å². The van der Waals surface area contributed by atoms with Crippen molar-refractivity contribution in [3.8, 4) is 28.8 Å². The molecule has 4 heterocycles. The van der Waals surface area contributed by atoms with Gasteiger partial charge >= 0.3 is 6.18 Å². The molecule has 1 saturated heterocycles. The SMILES string of the molecule is CC(Cn1cnnn1)Oc1cc(-c2cnc(Nc3cn(C4CCC(N5CCOCC5)CC4)nc3OCC(F)(F)F)nc2)ccc1C#N.Cl. The lowest BCUT2D eigenvalue weighted by atomic mass is 9.90. The molecule has 1 aromatic carbocycles. The lowest BCUT2D eigenvalue weighted by molar-refractivity contribution is -0.154. The summed E-state index contributed by atoms with van der Waals surface area (Å²) >= 11 is 0. The highest BCUT2D eigenvalue weighted by molar-refractivity contribution is 5.85. The van der Waals surface area contributed by atoms with Crippen LogP contribution in [0.5, 0.6) is 11.6 Å². The number of tetrazole rings is 1. The molecular weight excluding hydrogens is 655 g/mol. The Morgan fingerprint density at radius 3 is 2.48 bits per heavy atom. The number of hydrogen-bond donors (Lipinski definition) is 1. The van der Waals surface area contributed by atoms with E-state index in [1.165, 1.54) is 11.0 Å². The minimum absolute atomic E-state index is 0. The zero-order valence-corrected chi connectivity index (χ0v) is 26.9. The summed E-state index contributed by atoms with van der Waals surface area (Å²) in [7, 11) is 0. The number of nitriles is 1. The van der Waals surface area contributed by atoms with Crippen molar-refractivity contribution in [3.63, 3.8) is 0 Å². The first-order valence-corrected chi connectivity index (χ1v) is 15.4. The molecule has 1 unspecified atom stereocenters. The Kier molecular flexibility index (Phi) is 11.3. The van der Waals surface area contributed by atoms with Gasteiger partial charge in [0.2, 0.25) is 5.95 Å². The first-order chi connectivity index (χ1) is 22.7. The molecule has 0 spiro atoms. The van der Waals surface area contributed by atoms with Crippen molar-refractivity contribution < 1.29 is 27.4 Å². The Morgan fingerprint density at radius 1 is 1.08 bits per heavy atom. The van der Waals surface area contributed by atoms with Crippen LogP contribution in [0.4, 0.5) is 24.8 Å². The van der Waals surface area contributed by atoms with Crippen LogP contribution in [0.1, 0.15) is 44.2 Å². The van der Waals surface area contributed by atoms with Crippen molar-refractivity contribution in [2.75, 3.05) is 38.2 Å². The van der Waals surface area contributed by atoms with Gasteiger partial charge in [-0.1, -0.05) is 6.07 Å². The number of anilines is 2. The number of nitrogens with one attached hydrogen (secondary N) is 1. The fraction of sp³-hybridized carbons (Fsp3) is 0.500. The van der Waals surface area contributed by atoms with Crippen LogP contribution in [-0.2, 0) is 11.3 Å². The topological polar surface area (TPSA) is 154 Å². The monoisotopic (exact) mass is 689 g/mol. The van der Waals surface area contributed by atoms with E-state index in [0.717, 1.165) is 52.0 Å². The number of aromatic nitrogens is 8. The van der Waals surface area contributed by atoms with Gasteiger partial charge in [-0.15, -0.1) is 22.6 Å². The summed E-state index contributed by atoms with van der Waals surface area (Å²) in [5, 5.41) is 28.0. The lowest BCUT2D eigenvalue weighted by Gasteiger charge is -2.38. The molecule has 1 aliphatic carbocycles. The molecule has 0 radical (unpaired) electrons. The zero-order valence-electron chi connectivity index (χ0n) is 26.1. The maximum Gasteiger partial charge on any atom is 0.422 e. The molecule has 1 aliphatic heterocycles. The fourth-order valence-electron chi connectivity index (χ4n) is 5.87. The number of alkyl halides is 3. The van der Waals surface area contributed by atoms with Crippen molar-refractivity contribution in [3.05, 3.63) is 48.7 Å². The standard InChI is InChI=1S/C30H34F3N11O3.ClH/c1-20(16-43-19-37-40-41-43)47-27-12-21(2-3-22(27)13-34)23-14-35-29(36-15-23)38-26-17-44(39-28(26)46-18-30(31,32)33)25-6-4-24(5-7-25)42-8-10-45-11-9-42;/h2-3,12,14-15,17,19-20,24-25H,4-11,16,18H2,1H3,(H,35,36,38);1H. The van der Waals surface area contributed by atoms with Gasteiger partial charge in [0.05, 0.1) is 37.6 Å².